The number of anilines is 3. The molecule has 1 amide bonds. The smallest absolute Gasteiger partial charge is 0.272 e. The summed E-state index contributed by atoms with van der Waals surface area (Å²) < 4.78 is 13.6. The number of hydrazine groups is 1. The van der Waals surface area contributed by atoms with Crippen molar-refractivity contribution >= 4 is 23.2 Å². The van der Waals surface area contributed by atoms with Crippen LogP contribution in [-0.2, 0) is 0 Å². The van der Waals surface area contributed by atoms with Crippen LogP contribution in [0.15, 0.2) is 42.2 Å². The van der Waals surface area contributed by atoms with Gasteiger partial charge in [0.15, 0.2) is 11.6 Å². The highest BCUT2D eigenvalue weighted by molar-refractivity contribution is 5.95. The summed E-state index contributed by atoms with van der Waals surface area (Å²) in [5, 5.41) is 3.20. The summed E-state index contributed by atoms with van der Waals surface area (Å²) in [5.74, 6) is -0.491. The van der Waals surface area contributed by atoms with E-state index in [0.717, 1.165) is 19.3 Å². The number of aromatic nitrogens is 2. The zero-order chi connectivity index (χ0) is 19.1. The second kappa shape index (κ2) is 8.98. The third-order valence-electron chi connectivity index (χ3n) is 4.42. The number of carbonyl (C=O) groups excluding carboxylic acids is 1. The molecule has 1 aliphatic rings. The Labute approximate surface area is 157 Å². The molecule has 1 aromatic heterocycles. The van der Waals surface area contributed by atoms with Crippen LogP contribution in [0.4, 0.5) is 21.7 Å². The van der Waals surface area contributed by atoms with Gasteiger partial charge in [-0.3, -0.25) is 15.6 Å². The van der Waals surface area contributed by atoms with E-state index in [-0.39, 0.29) is 17.1 Å². The molecule has 142 valence electrons. The molecule has 0 aliphatic heterocycles. The molecule has 0 bridgehead atoms. The number of hydrogen-bond acceptors (Lipinski definition) is 6. The first-order valence-electron chi connectivity index (χ1n) is 8.98. The van der Waals surface area contributed by atoms with Gasteiger partial charge >= 0.3 is 0 Å². The lowest BCUT2D eigenvalue weighted by Crippen LogP contribution is -2.31. The van der Waals surface area contributed by atoms with Gasteiger partial charge in [-0.2, -0.15) is 0 Å². The van der Waals surface area contributed by atoms with E-state index in [1.807, 2.05) is 0 Å². The van der Waals surface area contributed by atoms with Gasteiger partial charge in [0, 0.05) is 6.54 Å². The predicted octanol–water partition coefficient (Wildman–Crippen LogP) is 3.26. The number of nitrogens with zero attached hydrogens (tertiary/aromatic N) is 2. The van der Waals surface area contributed by atoms with E-state index in [2.05, 4.69) is 32.2 Å². The van der Waals surface area contributed by atoms with Crippen molar-refractivity contribution in [2.24, 2.45) is 0 Å². The Morgan fingerprint density at radius 2 is 2.00 bits per heavy atom. The fourth-order valence-corrected chi connectivity index (χ4v) is 2.94. The summed E-state index contributed by atoms with van der Waals surface area (Å²) in [6.45, 7) is 0.716. The second-order valence-corrected chi connectivity index (χ2v) is 6.33. The third-order valence-corrected chi connectivity index (χ3v) is 4.42. The fourth-order valence-electron chi connectivity index (χ4n) is 2.94. The van der Waals surface area contributed by atoms with E-state index in [1.165, 1.54) is 42.9 Å². The SMILES string of the molecule is Nc1c(NCCC2=CCCCC2)ncnc1NNC(=O)c1ccccc1F. The molecule has 7 nitrogen and oxygen atoms in total. The predicted molar refractivity (Wildman–Crippen MR) is 104 cm³/mol. The third kappa shape index (κ3) is 4.93. The van der Waals surface area contributed by atoms with Crippen LogP contribution in [0.25, 0.3) is 0 Å². The molecule has 1 aromatic carbocycles. The van der Waals surface area contributed by atoms with Gasteiger partial charge in [0.2, 0.25) is 0 Å². The molecule has 0 fully saturated rings. The van der Waals surface area contributed by atoms with Crippen LogP contribution < -0.4 is 21.9 Å². The van der Waals surface area contributed by atoms with Crippen molar-refractivity contribution in [3.05, 3.63) is 53.6 Å². The Morgan fingerprint density at radius 3 is 2.78 bits per heavy atom. The molecular weight excluding hydrogens is 347 g/mol. The lowest BCUT2D eigenvalue weighted by Gasteiger charge is -2.15. The lowest BCUT2D eigenvalue weighted by atomic mass is 9.97. The van der Waals surface area contributed by atoms with Gasteiger partial charge in [-0.15, -0.1) is 0 Å². The van der Waals surface area contributed by atoms with Gasteiger partial charge in [-0.1, -0.05) is 23.8 Å². The van der Waals surface area contributed by atoms with Crippen LogP contribution >= 0.6 is 0 Å². The van der Waals surface area contributed by atoms with Crippen molar-refractivity contribution < 1.29 is 9.18 Å². The highest BCUT2D eigenvalue weighted by Gasteiger charge is 2.13. The maximum atomic E-state index is 13.6. The van der Waals surface area contributed by atoms with Gasteiger partial charge < -0.3 is 11.1 Å². The summed E-state index contributed by atoms with van der Waals surface area (Å²) in [6, 6.07) is 5.71. The van der Waals surface area contributed by atoms with E-state index >= 15 is 0 Å². The number of nitrogens with one attached hydrogen (secondary N) is 3. The second-order valence-electron chi connectivity index (χ2n) is 6.33. The topological polar surface area (TPSA) is 105 Å². The monoisotopic (exact) mass is 370 g/mol. The standard InChI is InChI=1S/C19H23FN6O/c20-15-9-5-4-8-14(15)19(27)26-25-18-16(21)17(23-12-24-18)22-11-10-13-6-2-1-3-7-13/h4-6,8-9,12H,1-3,7,10-11,21H2,(H,26,27)(H2,22,23,24,25). The Morgan fingerprint density at radius 1 is 1.19 bits per heavy atom. The Bertz CT molecular complexity index is 839. The van der Waals surface area contributed by atoms with Crippen LogP contribution in [0.2, 0.25) is 0 Å². The van der Waals surface area contributed by atoms with Crippen molar-refractivity contribution in [3.63, 3.8) is 0 Å². The number of nitrogens with two attached hydrogens (primary N) is 1. The van der Waals surface area contributed by atoms with Crippen molar-refractivity contribution in [1.82, 2.24) is 15.4 Å². The van der Waals surface area contributed by atoms with E-state index in [9.17, 15) is 9.18 Å². The van der Waals surface area contributed by atoms with Gasteiger partial charge in [-0.25, -0.2) is 14.4 Å². The molecular formula is C19H23FN6O. The largest absolute Gasteiger partial charge is 0.393 e. The molecule has 8 heteroatoms. The molecule has 3 rings (SSSR count). The number of nitrogen functional groups attached to an aromatic ring is 1. The molecule has 0 atom stereocenters. The summed E-state index contributed by atoms with van der Waals surface area (Å²) >= 11 is 0. The minimum Gasteiger partial charge on any atom is -0.393 e. The average molecular weight is 370 g/mol. The molecule has 0 radical (unpaired) electrons. The molecule has 0 saturated carbocycles. The minimum absolute atomic E-state index is 0.0725. The van der Waals surface area contributed by atoms with E-state index in [1.54, 1.807) is 6.07 Å². The summed E-state index contributed by atoms with van der Waals surface area (Å²) in [6.07, 6.45) is 9.41. The van der Waals surface area contributed by atoms with Crippen molar-refractivity contribution in [2.45, 2.75) is 32.1 Å². The molecule has 0 unspecified atom stereocenters. The van der Waals surface area contributed by atoms with Crippen molar-refractivity contribution in [3.8, 4) is 0 Å². The van der Waals surface area contributed by atoms with Gasteiger partial charge in [0.1, 0.15) is 17.8 Å². The van der Waals surface area contributed by atoms with Gasteiger partial charge in [0.25, 0.3) is 5.91 Å². The molecule has 27 heavy (non-hydrogen) atoms. The normalized spacial score (nSPS) is 13.6. The maximum Gasteiger partial charge on any atom is 0.272 e. The Hall–Kier alpha value is -3.16. The van der Waals surface area contributed by atoms with E-state index in [4.69, 9.17) is 5.73 Å². The first kappa shape index (κ1) is 18.6. The molecule has 0 saturated heterocycles. The minimum atomic E-state index is -0.621. The molecule has 1 heterocycles. The van der Waals surface area contributed by atoms with Crippen LogP contribution in [0.5, 0.6) is 0 Å². The summed E-state index contributed by atoms with van der Waals surface area (Å²) in [5.41, 5.74) is 12.8. The number of halogens is 1. The summed E-state index contributed by atoms with van der Waals surface area (Å²) in [7, 11) is 0. The quantitative estimate of drug-likeness (QED) is 0.440. The van der Waals surface area contributed by atoms with Crippen molar-refractivity contribution in [2.75, 3.05) is 23.0 Å². The van der Waals surface area contributed by atoms with E-state index in [0.29, 0.717) is 12.4 Å². The highest BCUT2D eigenvalue weighted by Crippen LogP contribution is 2.23. The number of rotatable bonds is 7. The zero-order valence-electron chi connectivity index (χ0n) is 15.0. The van der Waals surface area contributed by atoms with Gasteiger partial charge in [0.05, 0.1) is 5.56 Å². The number of benzene rings is 1. The number of allylic oxidation sites excluding steroid dienone is 1. The van der Waals surface area contributed by atoms with Crippen molar-refractivity contribution in [1.29, 1.82) is 0 Å². The number of carbonyl (C=O) groups is 1. The molecule has 2 aromatic rings. The molecule has 0 spiro atoms. The molecule has 5 N–H and O–H groups in total. The van der Waals surface area contributed by atoms with Gasteiger partial charge in [-0.05, 0) is 44.2 Å². The summed E-state index contributed by atoms with van der Waals surface area (Å²) in [4.78, 5) is 20.2. The first-order chi connectivity index (χ1) is 13.1. The molecule has 1 aliphatic carbocycles. The van der Waals surface area contributed by atoms with Crippen LogP contribution in [0.1, 0.15) is 42.5 Å². The highest BCUT2D eigenvalue weighted by atomic mass is 19.1. The van der Waals surface area contributed by atoms with Crippen LogP contribution in [-0.4, -0.2) is 22.4 Å². The average Bonchev–Trinajstić information content (AvgIpc) is 2.69. The van der Waals surface area contributed by atoms with Crippen LogP contribution in [0, 0.1) is 5.82 Å². The zero-order valence-corrected chi connectivity index (χ0v) is 15.0. The lowest BCUT2D eigenvalue weighted by molar-refractivity contribution is 0.0958. The Balaban J connectivity index is 1.57. The first-order valence-corrected chi connectivity index (χ1v) is 8.98. The Kier molecular flexibility index (Phi) is 6.19. The maximum absolute atomic E-state index is 13.6. The number of amides is 1. The fraction of sp³-hybridized carbons (Fsp3) is 0.316. The van der Waals surface area contributed by atoms with Crippen LogP contribution in [0.3, 0.4) is 0 Å². The van der Waals surface area contributed by atoms with E-state index < -0.39 is 11.7 Å². The number of hydrogen-bond donors (Lipinski definition) is 4.